The van der Waals surface area contributed by atoms with Crippen LogP contribution in [0.15, 0.2) is 11.4 Å². The molecule has 21 heavy (non-hydrogen) atoms. The first kappa shape index (κ1) is 14.6. The fourth-order valence-electron chi connectivity index (χ4n) is 3.52. The van der Waals surface area contributed by atoms with E-state index in [2.05, 4.69) is 11.4 Å². The van der Waals surface area contributed by atoms with E-state index < -0.39 is 0 Å². The standard InChI is InChI=1S/C16H21NO3S/c1-20-16(19)13-6-2-3-9-17(13)15(18)12-5-4-7-14-11(12)8-10-21-14/h8,10,12-13H,2-7,9H2,1H3. The Morgan fingerprint density at radius 1 is 1.29 bits per heavy atom. The van der Waals surface area contributed by atoms with Crippen LogP contribution in [0.2, 0.25) is 0 Å². The second kappa shape index (κ2) is 6.18. The Labute approximate surface area is 129 Å². The van der Waals surface area contributed by atoms with Crippen molar-refractivity contribution in [1.29, 1.82) is 0 Å². The number of carbonyl (C=O) groups excluding carboxylic acids is 2. The maximum absolute atomic E-state index is 13.0. The molecule has 3 rings (SSSR count). The lowest BCUT2D eigenvalue weighted by atomic mass is 9.85. The van der Waals surface area contributed by atoms with Crippen LogP contribution in [0.3, 0.4) is 0 Å². The van der Waals surface area contributed by atoms with Crippen molar-refractivity contribution in [1.82, 2.24) is 4.90 Å². The normalized spacial score (nSPS) is 25.3. The van der Waals surface area contributed by atoms with Gasteiger partial charge in [-0.2, -0.15) is 0 Å². The topological polar surface area (TPSA) is 46.6 Å². The van der Waals surface area contributed by atoms with Crippen molar-refractivity contribution in [3.8, 4) is 0 Å². The minimum atomic E-state index is -0.389. The highest BCUT2D eigenvalue weighted by atomic mass is 32.1. The number of aryl methyl sites for hydroxylation is 1. The minimum Gasteiger partial charge on any atom is -0.467 e. The third kappa shape index (κ3) is 2.71. The van der Waals surface area contributed by atoms with Crippen molar-refractivity contribution in [2.75, 3.05) is 13.7 Å². The van der Waals surface area contributed by atoms with Gasteiger partial charge >= 0.3 is 5.97 Å². The van der Waals surface area contributed by atoms with Crippen LogP contribution in [-0.4, -0.2) is 36.5 Å². The molecule has 114 valence electrons. The van der Waals surface area contributed by atoms with Gasteiger partial charge in [0.15, 0.2) is 0 Å². The molecule has 0 bridgehead atoms. The number of carbonyl (C=O) groups is 2. The van der Waals surface area contributed by atoms with Crippen molar-refractivity contribution >= 4 is 23.2 Å². The molecule has 5 heteroatoms. The molecule has 0 spiro atoms. The molecule has 4 nitrogen and oxygen atoms in total. The fourth-order valence-corrected chi connectivity index (χ4v) is 4.51. The molecule has 1 fully saturated rings. The summed E-state index contributed by atoms with van der Waals surface area (Å²) < 4.78 is 4.88. The van der Waals surface area contributed by atoms with Crippen LogP contribution in [0.1, 0.15) is 48.5 Å². The monoisotopic (exact) mass is 307 g/mol. The number of thiophene rings is 1. The summed E-state index contributed by atoms with van der Waals surface area (Å²) in [4.78, 5) is 28.0. The number of fused-ring (bicyclic) bond motifs is 1. The lowest BCUT2D eigenvalue weighted by Crippen LogP contribution is -2.50. The summed E-state index contributed by atoms with van der Waals surface area (Å²) in [5.74, 6) is -0.223. The average molecular weight is 307 g/mol. The predicted octanol–water partition coefficient (Wildman–Crippen LogP) is 2.72. The number of rotatable bonds is 2. The van der Waals surface area contributed by atoms with Gasteiger partial charge in [0.2, 0.25) is 5.91 Å². The Morgan fingerprint density at radius 3 is 2.95 bits per heavy atom. The van der Waals surface area contributed by atoms with Crippen LogP contribution < -0.4 is 0 Å². The number of amides is 1. The Morgan fingerprint density at radius 2 is 2.14 bits per heavy atom. The molecule has 1 amide bonds. The number of methoxy groups -OCH3 is 1. The first-order valence-electron chi connectivity index (χ1n) is 7.67. The van der Waals surface area contributed by atoms with Crippen LogP contribution in [0.4, 0.5) is 0 Å². The molecule has 2 atom stereocenters. The zero-order valence-corrected chi connectivity index (χ0v) is 13.2. The third-order valence-electron chi connectivity index (χ3n) is 4.61. The zero-order valence-electron chi connectivity index (χ0n) is 12.3. The van der Waals surface area contributed by atoms with Crippen LogP contribution in [0.25, 0.3) is 0 Å². The number of hydrogen-bond acceptors (Lipinski definition) is 4. The molecule has 0 saturated carbocycles. The lowest BCUT2D eigenvalue weighted by Gasteiger charge is -2.37. The number of ether oxygens (including phenoxy) is 1. The van der Waals surface area contributed by atoms with E-state index in [4.69, 9.17) is 4.74 Å². The Hall–Kier alpha value is -1.36. The van der Waals surface area contributed by atoms with Gasteiger partial charge in [-0.05, 0) is 55.5 Å². The Balaban J connectivity index is 1.82. The molecular weight excluding hydrogens is 286 g/mol. The van der Waals surface area contributed by atoms with Gasteiger partial charge in [-0.3, -0.25) is 4.79 Å². The molecule has 0 aromatic carbocycles. The van der Waals surface area contributed by atoms with E-state index in [9.17, 15) is 9.59 Å². The molecule has 2 aliphatic rings. The summed E-state index contributed by atoms with van der Waals surface area (Å²) in [6.07, 6.45) is 5.72. The highest BCUT2D eigenvalue weighted by Gasteiger charge is 2.38. The van der Waals surface area contributed by atoms with Gasteiger partial charge in [0.1, 0.15) is 6.04 Å². The molecular formula is C16H21NO3S. The summed E-state index contributed by atoms with van der Waals surface area (Å²) in [5, 5.41) is 2.07. The first-order chi connectivity index (χ1) is 10.2. The van der Waals surface area contributed by atoms with Gasteiger partial charge in [0, 0.05) is 11.4 Å². The van der Waals surface area contributed by atoms with Crippen molar-refractivity contribution < 1.29 is 14.3 Å². The second-order valence-corrected chi connectivity index (χ2v) is 6.81. The van der Waals surface area contributed by atoms with Gasteiger partial charge < -0.3 is 9.64 Å². The molecule has 1 aliphatic carbocycles. The number of esters is 1. The van der Waals surface area contributed by atoms with E-state index in [1.54, 1.807) is 16.2 Å². The summed E-state index contributed by atoms with van der Waals surface area (Å²) in [7, 11) is 1.40. The van der Waals surface area contributed by atoms with E-state index in [1.165, 1.54) is 17.6 Å². The van der Waals surface area contributed by atoms with E-state index in [0.29, 0.717) is 6.54 Å². The smallest absolute Gasteiger partial charge is 0.328 e. The SMILES string of the molecule is COC(=O)C1CCCCN1C(=O)C1CCCc2sccc21. The van der Waals surface area contributed by atoms with Gasteiger partial charge in [-0.25, -0.2) is 4.79 Å². The van der Waals surface area contributed by atoms with Crippen LogP contribution in [0, 0.1) is 0 Å². The molecule has 1 aromatic heterocycles. The van der Waals surface area contributed by atoms with Crippen molar-refractivity contribution in [2.45, 2.75) is 50.5 Å². The van der Waals surface area contributed by atoms with E-state index in [1.807, 2.05) is 0 Å². The van der Waals surface area contributed by atoms with Gasteiger partial charge in [-0.1, -0.05) is 0 Å². The molecule has 1 saturated heterocycles. The summed E-state index contributed by atoms with van der Waals surface area (Å²) in [6.45, 7) is 0.675. The maximum Gasteiger partial charge on any atom is 0.328 e. The van der Waals surface area contributed by atoms with Crippen molar-refractivity contribution in [3.05, 3.63) is 21.9 Å². The molecule has 0 radical (unpaired) electrons. The van der Waals surface area contributed by atoms with Gasteiger partial charge in [0.05, 0.1) is 13.0 Å². The van der Waals surface area contributed by atoms with Crippen LogP contribution >= 0.6 is 11.3 Å². The highest BCUT2D eigenvalue weighted by molar-refractivity contribution is 7.10. The third-order valence-corrected chi connectivity index (χ3v) is 5.61. The summed E-state index contributed by atoms with van der Waals surface area (Å²) >= 11 is 1.74. The molecule has 1 aliphatic heterocycles. The van der Waals surface area contributed by atoms with Crippen LogP contribution in [-0.2, 0) is 20.7 Å². The first-order valence-corrected chi connectivity index (χ1v) is 8.55. The quantitative estimate of drug-likeness (QED) is 0.789. The van der Waals surface area contributed by atoms with Crippen LogP contribution in [0.5, 0.6) is 0 Å². The fraction of sp³-hybridized carbons (Fsp3) is 0.625. The number of piperidine rings is 1. The molecule has 2 unspecified atom stereocenters. The largest absolute Gasteiger partial charge is 0.467 e. The average Bonchev–Trinajstić information content (AvgIpc) is 3.02. The van der Waals surface area contributed by atoms with Gasteiger partial charge in [-0.15, -0.1) is 11.3 Å². The number of hydrogen-bond donors (Lipinski definition) is 0. The minimum absolute atomic E-state index is 0.0646. The summed E-state index contributed by atoms with van der Waals surface area (Å²) in [5.41, 5.74) is 1.19. The van der Waals surface area contributed by atoms with E-state index >= 15 is 0 Å². The lowest BCUT2D eigenvalue weighted by molar-refractivity contribution is -0.155. The number of nitrogens with zero attached hydrogens (tertiary/aromatic N) is 1. The Kier molecular flexibility index (Phi) is 4.29. The van der Waals surface area contributed by atoms with E-state index in [0.717, 1.165) is 38.5 Å². The van der Waals surface area contributed by atoms with Gasteiger partial charge in [0.25, 0.3) is 0 Å². The Bertz CT molecular complexity index is 539. The molecule has 1 aromatic rings. The maximum atomic E-state index is 13.0. The highest BCUT2D eigenvalue weighted by Crippen LogP contribution is 2.37. The predicted molar refractivity (Wildman–Crippen MR) is 81.4 cm³/mol. The molecule has 2 heterocycles. The van der Waals surface area contributed by atoms with E-state index in [-0.39, 0.29) is 23.8 Å². The molecule has 0 N–H and O–H groups in total. The van der Waals surface area contributed by atoms with Crippen molar-refractivity contribution in [3.63, 3.8) is 0 Å². The zero-order chi connectivity index (χ0) is 14.8. The number of likely N-dealkylation sites (tertiary alicyclic amines) is 1. The van der Waals surface area contributed by atoms with Crippen molar-refractivity contribution in [2.24, 2.45) is 0 Å². The second-order valence-electron chi connectivity index (χ2n) is 5.81. The summed E-state index contributed by atoms with van der Waals surface area (Å²) in [6, 6.07) is 1.69.